The predicted molar refractivity (Wildman–Crippen MR) is 114 cm³/mol. The molecular weight excluding hydrogens is 404 g/mol. The van der Waals surface area contributed by atoms with Crippen molar-refractivity contribution in [2.45, 2.75) is 82.6 Å². The van der Waals surface area contributed by atoms with Gasteiger partial charge in [0.2, 0.25) is 0 Å². The lowest BCUT2D eigenvalue weighted by molar-refractivity contribution is -0.287. The third kappa shape index (κ3) is 5.90. The molecule has 30 heavy (non-hydrogen) atoms. The zero-order valence-electron chi connectivity index (χ0n) is 18.8. The Morgan fingerprint density at radius 1 is 1.07 bits per heavy atom. The van der Waals surface area contributed by atoms with E-state index in [1.165, 1.54) is 7.11 Å². The molecule has 0 aliphatic carbocycles. The number of hydrogen-bond donors (Lipinski definition) is 0. The number of rotatable bonds is 8. The van der Waals surface area contributed by atoms with Crippen LogP contribution in [0, 0.1) is 0 Å². The Kier molecular flexibility index (Phi) is 7.37. The molecule has 2 heterocycles. The van der Waals surface area contributed by atoms with Crippen LogP contribution in [0.5, 0.6) is 0 Å². The van der Waals surface area contributed by atoms with E-state index in [9.17, 15) is 4.79 Å². The van der Waals surface area contributed by atoms with Gasteiger partial charge in [0.1, 0.15) is 18.3 Å². The quantitative estimate of drug-likeness (QED) is 0.455. The van der Waals surface area contributed by atoms with Crippen LogP contribution < -0.4 is 0 Å². The maximum Gasteiger partial charge on any atom is 0.337 e. The van der Waals surface area contributed by atoms with Gasteiger partial charge in [-0.1, -0.05) is 50.0 Å². The van der Waals surface area contributed by atoms with Crippen molar-refractivity contribution >= 4 is 14.0 Å². The van der Waals surface area contributed by atoms with Crippen LogP contribution in [0.15, 0.2) is 30.3 Å². The van der Waals surface area contributed by atoms with Crippen molar-refractivity contribution in [3.63, 3.8) is 0 Å². The number of ether oxygens (including phenoxy) is 6. The second-order valence-electron chi connectivity index (χ2n) is 9.46. The lowest BCUT2D eigenvalue weighted by Crippen LogP contribution is -2.60. The topological polar surface area (TPSA) is 72.5 Å². The molecule has 2 fully saturated rings. The molecule has 0 spiro atoms. The summed E-state index contributed by atoms with van der Waals surface area (Å²) in [6.45, 7) is 11.4. The van der Waals surface area contributed by atoms with Crippen molar-refractivity contribution in [1.82, 2.24) is 0 Å². The average Bonchev–Trinajstić information content (AvgIpc) is 3.00. The molecule has 2 saturated heterocycles. The van der Waals surface area contributed by atoms with Gasteiger partial charge in [0.05, 0.1) is 13.7 Å². The smallest absolute Gasteiger partial charge is 0.337 e. The van der Waals surface area contributed by atoms with Crippen molar-refractivity contribution < 1.29 is 33.2 Å². The van der Waals surface area contributed by atoms with Crippen LogP contribution in [0.3, 0.4) is 0 Å². The monoisotopic (exact) mass is 438 g/mol. The van der Waals surface area contributed by atoms with Gasteiger partial charge in [-0.2, -0.15) is 0 Å². The molecule has 0 aromatic heterocycles. The first-order valence-corrected chi connectivity index (χ1v) is 14.2. The van der Waals surface area contributed by atoms with E-state index in [-0.39, 0.29) is 0 Å². The number of methoxy groups -OCH3 is 1. The number of esters is 1. The maximum absolute atomic E-state index is 12.4. The highest BCUT2D eigenvalue weighted by Crippen LogP contribution is 2.39. The molecule has 3 rings (SSSR count). The molecule has 0 radical (unpaired) electrons. The van der Waals surface area contributed by atoms with Gasteiger partial charge in [0.15, 0.2) is 18.2 Å². The lowest BCUT2D eigenvalue weighted by atomic mass is 9.98. The fraction of sp³-hybridized carbons (Fsp3) is 0.682. The Bertz CT molecular complexity index is 703. The molecule has 1 aromatic rings. The first-order valence-electron chi connectivity index (χ1n) is 10.5. The largest absolute Gasteiger partial charge is 0.467 e. The van der Waals surface area contributed by atoms with Gasteiger partial charge in [-0.05, 0) is 25.5 Å². The minimum atomic E-state index is -1.30. The highest BCUT2D eigenvalue weighted by molar-refractivity contribution is 6.76. The Hall–Kier alpha value is -1.29. The fourth-order valence-electron chi connectivity index (χ4n) is 3.62. The van der Waals surface area contributed by atoms with Gasteiger partial charge < -0.3 is 28.4 Å². The molecule has 1 aromatic carbocycles. The Morgan fingerprint density at radius 2 is 1.73 bits per heavy atom. The summed E-state index contributed by atoms with van der Waals surface area (Å²) < 4.78 is 35.5. The average molecular weight is 439 g/mol. The first-order chi connectivity index (χ1) is 14.1. The zero-order valence-corrected chi connectivity index (χ0v) is 19.8. The molecule has 2 aliphatic rings. The Labute approximate surface area is 179 Å². The van der Waals surface area contributed by atoms with E-state index in [0.717, 1.165) is 11.6 Å². The van der Waals surface area contributed by atoms with E-state index in [4.69, 9.17) is 28.4 Å². The molecule has 0 unspecified atom stereocenters. The molecule has 0 amide bonds. The van der Waals surface area contributed by atoms with Crippen LogP contribution in [-0.2, 0) is 39.8 Å². The summed E-state index contributed by atoms with van der Waals surface area (Å²) in [5.41, 5.74) is 1.03. The molecule has 2 aliphatic heterocycles. The van der Waals surface area contributed by atoms with Crippen molar-refractivity contribution in [1.29, 1.82) is 0 Å². The van der Waals surface area contributed by atoms with E-state index < -0.39 is 50.5 Å². The van der Waals surface area contributed by atoms with Gasteiger partial charge >= 0.3 is 5.97 Å². The molecule has 8 heteroatoms. The Morgan fingerprint density at radius 3 is 2.37 bits per heavy atom. The van der Waals surface area contributed by atoms with E-state index >= 15 is 0 Å². The summed E-state index contributed by atoms with van der Waals surface area (Å²) >= 11 is 0. The molecule has 0 bridgehead atoms. The molecule has 5 atom stereocenters. The van der Waals surface area contributed by atoms with E-state index in [1.54, 1.807) is 0 Å². The number of fused-ring (bicyclic) bond motifs is 1. The lowest BCUT2D eigenvalue weighted by Gasteiger charge is -2.40. The van der Waals surface area contributed by atoms with Crippen molar-refractivity contribution in [3.05, 3.63) is 35.9 Å². The normalized spacial score (nSPS) is 30.7. The van der Waals surface area contributed by atoms with Crippen LogP contribution >= 0.6 is 0 Å². The van der Waals surface area contributed by atoms with Crippen molar-refractivity contribution in [3.8, 4) is 0 Å². The second-order valence-corrected chi connectivity index (χ2v) is 15.1. The SMILES string of the molecule is COC(=O)[C@H]1O[C@@H](OCC[Si](C)(C)C)[C@H](OCc2ccccc2)[C@H]2OC(C)(C)O[C@H]21. The predicted octanol–water partition coefficient (Wildman–Crippen LogP) is 3.34. The van der Waals surface area contributed by atoms with Crippen molar-refractivity contribution in [2.75, 3.05) is 13.7 Å². The van der Waals surface area contributed by atoms with Gasteiger partial charge in [-0.15, -0.1) is 0 Å². The maximum atomic E-state index is 12.4. The number of carbonyl (C=O) groups is 1. The summed E-state index contributed by atoms with van der Waals surface area (Å²) in [4.78, 5) is 12.4. The zero-order chi connectivity index (χ0) is 21.9. The summed E-state index contributed by atoms with van der Waals surface area (Å²) in [5.74, 6) is -1.38. The number of hydrogen-bond acceptors (Lipinski definition) is 7. The third-order valence-corrected chi connectivity index (χ3v) is 6.89. The molecular formula is C22H34O7Si. The summed E-state index contributed by atoms with van der Waals surface area (Å²) in [7, 11) is 0.0350. The standard InChI is InChI=1S/C22H34O7Si/c1-22(2)28-16-17(29-22)19(26-14-15-10-8-7-9-11-15)21(25-12-13-30(4,5)6)27-18(16)20(23)24-3/h7-11,16-19,21H,12-14H2,1-6H3/t16-,17+,18+,19-,21-/m1/s1. The second kappa shape index (κ2) is 9.46. The van der Waals surface area contributed by atoms with E-state index in [0.29, 0.717) is 13.2 Å². The van der Waals surface area contributed by atoms with Crippen LogP contribution in [0.25, 0.3) is 0 Å². The highest BCUT2D eigenvalue weighted by atomic mass is 28.3. The van der Waals surface area contributed by atoms with Gasteiger partial charge in [0, 0.05) is 14.7 Å². The molecule has 0 N–H and O–H groups in total. The minimum Gasteiger partial charge on any atom is -0.467 e. The number of benzene rings is 1. The Balaban J connectivity index is 1.80. The minimum absolute atomic E-state index is 0.374. The van der Waals surface area contributed by atoms with Gasteiger partial charge in [0.25, 0.3) is 0 Å². The highest BCUT2D eigenvalue weighted by Gasteiger charge is 2.58. The summed E-state index contributed by atoms with van der Waals surface area (Å²) in [6.07, 6.45) is -3.38. The summed E-state index contributed by atoms with van der Waals surface area (Å²) in [5, 5.41) is 0. The molecule has 7 nitrogen and oxygen atoms in total. The van der Waals surface area contributed by atoms with Crippen molar-refractivity contribution in [2.24, 2.45) is 0 Å². The van der Waals surface area contributed by atoms with Crippen LogP contribution in [0.1, 0.15) is 19.4 Å². The van der Waals surface area contributed by atoms with Crippen LogP contribution in [0.2, 0.25) is 25.7 Å². The van der Waals surface area contributed by atoms with E-state index in [2.05, 4.69) is 19.6 Å². The van der Waals surface area contributed by atoms with E-state index in [1.807, 2.05) is 44.2 Å². The van der Waals surface area contributed by atoms with Gasteiger partial charge in [-0.3, -0.25) is 0 Å². The van der Waals surface area contributed by atoms with Gasteiger partial charge in [-0.25, -0.2) is 4.79 Å². The fourth-order valence-corrected chi connectivity index (χ4v) is 4.35. The molecule has 0 saturated carbocycles. The summed E-state index contributed by atoms with van der Waals surface area (Å²) in [6, 6.07) is 10.9. The molecule has 168 valence electrons. The van der Waals surface area contributed by atoms with Crippen LogP contribution in [0.4, 0.5) is 0 Å². The first kappa shape index (κ1) is 23.4. The third-order valence-electron chi connectivity index (χ3n) is 5.19. The number of carbonyl (C=O) groups excluding carboxylic acids is 1. The van der Waals surface area contributed by atoms with Crippen LogP contribution in [-0.4, -0.2) is 64.3 Å².